The molecule has 1 heterocycles. The molecule has 2 fully saturated rings. The molecule has 0 aromatic heterocycles. The van der Waals surface area contributed by atoms with E-state index in [1.54, 1.807) is 0 Å². The number of nitrogens with zero attached hydrogens (tertiary/aromatic N) is 1. The van der Waals surface area contributed by atoms with Gasteiger partial charge in [0.1, 0.15) is 0 Å². The zero-order valence-electron chi connectivity index (χ0n) is 19.7. The Balaban J connectivity index is 0.00000363. The second kappa shape index (κ2) is 12.7. The maximum atomic E-state index is 13.3. The fourth-order valence-electron chi connectivity index (χ4n) is 4.94. The van der Waals surface area contributed by atoms with Crippen molar-refractivity contribution >= 4 is 23.1 Å². The molecule has 5 heteroatoms. The van der Waals surface area contributed by atoms with Crippen LogP contribution in [0.3, 0.4) is 0 Å². The lowest BCUT2D eigenvalue weighted by atomic mass is 9.77. The molecule has 0 radical (unpaired) electrons. The Kier molecular flexibility index (Phi) is 10.6. The molecule has 2 N–H and O–H groups in total. The zero-order valence-corrected chi connectivity index (χ0v) is 20.5. The minimum Gasteiger partial charge on any atom is -0.375 e. The lowest BCUT2D eigenvalue weighted by Gasteiger charge is -2.38. The van der Waals surface area contributed by atoms with Crippen molar-refractivity contribution in [2.75, 3.05) is 13.1 Å². The normalized spacial score (nSPS) is 22.5. The average molecular weight is 460 g/mol. The molecule has 1 saturated heterocycles. The van der Waals surface area contributed by atoms with Gasteiger partial charge in [-0.15, -0.1) is 0 Å². The standard InChI is InChI=1S/C26H41N3OS.CH4/c1-26(2,3)21(25(30)29-16-10-5-11-17-29)18-24(31)28-23-15-9-8-14-22(23)27-19-20-12-6-4-7-13-20;/h4,6-7,12-13,21-23,27H,5,8-11,14-19H2,1-3H3,(H,28,31);1H4/t21-,22+,23+;/m1./s1. The number of hydrogen-bond donors (Lipinski definition) is 2. The van der Waals surface area contributed by atoms with Crippen LogP contribution in [0.4, 0.5) is 0 Å². The van der Waals surface area contributed by atoms with Crippen LogP contribution in [0.25, 0.3) is 0 Å². The Hall–Kier alpha value is -1.46. The predicted molar refractivity (Wildman–Crippen MR) is 140 cm³/mol. The first-order valence-electron chi connectivity index (χ1n) is 12.2. The number of piperidine rings is 1. The van der Waals surface area contributed by atoms with E-state index >= 15 is 0 Å². The molecule has 32 heavy (non-hydrogen) atoms. The summed E-state index contributed by atoms with van der Waals surface area (Å²) in [6.07, 6.45) is 8.94. The highest BCUT2D eigenvalue weighted by atomic mass is 32.1. The number of likely N-dealkylation sites (tertiary alicyclic amines) is 1. The van der Waals surface area contributed by atoms with E-state index in [-0.39, 0.29) is 18.8 Å². The number of rotatable bonds is 7. The Morgan fingerprint density at radius 3 is 2.28 bits per heavy atom. The van der Waals surface area contributed by atoms with Gasteiger partial charge < -0.3 is 15.5 Å². The number of thiocarbonyl (C=S) groups is 1. The van der Waals surface area contributed by atoms with Gasteiger partial charge in [-0.25, -0.2) is 0 Å². The summed E-state index contributed by atoms with van der Waals surface area (Å²) >= 11 is 5.82. The van der Waals surface area contributed by atoms with Gasteiger partial charge in [-0.1, -0.05) is 83.6 Å². The third kappa shape index (κ3) is 7.84. The molecule has 3 rings (SSSR count). The summed E-state index contributed by atoms with van der Waals surface area (Å²) in [7, 11) is 0. The fraction of sp³-hybridized carbons (Fsp3) is 0.704. The summed E-state index contributed by atoms with van der Waals surface area (Å²) in [4.78, 5) is 16.2. The van der Waals surface area contributed by atoms with E-state index in [1.807, 2.05) is 0 Å². The van der Waals surface area contributed by atoms with Gasteiger partial charge in [-0.2, -0.15) is 0 Å². The van der Waals surface area contributed by atoms with Crippen LogP contribution in [0, 0.1) is 11.3 Å². The topological polar surface area (TPSA) is 44.4 Å². The Morgan fingerprint density at radius 2 is 1.66 bits per heavy atom. The summed E-state index contributed by atoms with van der Waals surface area (Å²) in [6.45, 7) is 9.21. The van der Waals surface area contributed by atoms with Crippen LogP contribution in [-0.2, 0) is 11.3 Å². The first-order chi connectivity index (χ1) is 14.8. The molecule has 1 aliphatic heterocycles. The van der Waals surface area contributed by atoms with Crippen molar-refractivity contribution in [2.45, 2.75) is 98.2 Å². The monoisotopic (exact) mass is 459 g/mol. The van der Waals surface area contributed by atoms with E-state index in [2.05, 4.69) is 66.6 Å². The van der Waals surface area contributed by atoms with Crippen LogP contribution >= 0.6 is 12.2 Å². The number of nitrogens with one attached hydrogen (secondary N) is 2. The van der Waals surface area contributed by atoms with Crippen LogP contribution in [0.2, 0.25) is 0 Å². The molecule has 2 aliphatic rings. The average Bonchev–Trinajstić information content (AvgIpc) is 2.77. The fourth-order valence-corrected chi connectivity index (χ4v) is 5.26. The molecule has 1 aliphatic carbocycles. The first kappa shape index (κ1) is 26.8. The Bertz CT molecular complexity index is 709. The number of hydrogen-bond acceptors (Lipinski definition) is 3. The molecule has 180 valence electrons. The van der Waals surface area contributed by atoms with E-state index in [4.69, 9.17) is 12.2 Å². The highest BCUT2D eigenvalue weighted by Gasteiger charge is 2.36. The largest absolute Gasteiger partial charge is 0.375 e. The van der Waals surface area contributed by atoms with Gasteiger partial charge in [0.2, 0.25) is 5.91 Å². The van der Waals surface area contributed by atoms with Crippen LogP contribution in [0.5, 0.6) is 0 Å². The molecule has 0 spiro atoms. The van der Waals surface area contributed by atoms with Gasteiger partial charge in [-0.05, 0) is 43.1 Å². The van der Waals surface area contributed by atoms with E-state index < -0.39 is 0 Å². The van der Waals surface area contributed by atoms with Gasteiger partial charge in [0.15, 0.2) is 0 Å². The number of amides is 1. The quantitative estimate of drug-likeness (QED) is 0.513. The minimum atomic E-state index is -0.0994. The number of carbonyl (C=O) groups is 1. The van der Waals surface area contributed by atoms with Gasteiger partial charge in [0.25, 0.3) is 0 Å². The van der Waals surface area contributed by atoms with E-state index in [0.717, 1.165) is 43.9 Å². The molecule has 4 nitrogen and oxygen atoms in total. The van der Waals surface area contributed by atoms with Crippen molar-refractivity contribution in [1.82, 2.24) is 15.5 Å². The molecule has 3 atom stereocenters. The molecular weight excluding hydrogens is 414 g/mol. The third-order valence-electron chi connectivity index (χ3n) is 6.92. The van der Waals surface area contributed by atoms with Crippen molar-refractivity contribution in [2.24, 2.45) is 11.3 Å². The van der Waals surface area contributed by atoms with Crippen LogP contribution in [0.15, 0.2) is 30.3 Å². The van der Waals surface area contributed by atoms with Gasteiger partial charge >= 0.3 is 0 Å². The summed E-state index contributed by atoms with van der Waals surface area (Å²) < 4.78 is 0. The highest BCUT2D eigenvalue weighted by molar-refractivity contribution is 7.80. The molecule has 1 aromatic rings. The summed E-state index contributed by atoms with van der Waals surface area (Å²) in [6, 6.07) is 11.3. The molecule has 0 bridgehead atoms. The lowest BCUT2D eigenvalue weighted by Crippen LogP contribution is -2.52. The second-order valence-electron chi connectivity index (χ2n) is 10.4. The van der Waals surface area contributed by atoms with E-state index in [9.17, 15) is 4.79 Å². The van der Waals surface area contributed by atoms with E-state index in [1.165, 1.54) is 31.2 Å². The predicted octanol–water partition coefficient (Wildman–Crippen LogP) is 5.71. The van der Waals surface area contributed by atoms with Gasteiger partial charge in [0, 0.05) is 44.1 Å². The second-order valence-corrected chi connectivity index (χ2v) is 10.9. The summed E-state index contributed by atoms with van der Waals surface area (Å²) in [5.41, 5.74) is 1.21. The summed E-state index contributed by atoms with van der Waals surface area (Å²) in [5.74, 6) is 0.226. The molecule has 1 aromatic carbocycles. The Morgan fingerprint density at radius 1 is 1.03 bits per heavy atom. The maximum Gasteiger partial charge on any atom is 0.226 e. The van der Waals surface area contributed by atoms with Crippen LogP contribution < -0.4 is 10.6 Å². The SMILES string of the molecule is C.CC(C)(C)[C@H](CC(=S)N[C@H]1CCCC[C@@H]1NCc1ccccc1)C(=O)N1CCCCC1. The smallest absolute Gasteiger partial charge is 0.226 e. The van der Waals surface area contributed by atoms with Crippen molar-refractivity contribution < 1.29 is 4.79 Å². The van der Waals surface area contributed by atoms with Gasteiger partial charge in [-0.3, -0.25) is 4.79 Å². The Labute approximate surface area is 201 Å². The molecule has 1 saturated carbocycles. The highest BCUT2D eigenvalue weighted by Crippen LogP contribution is 2.32. The molecular formula is C27H45N3OS. The lowest BCUT2D eigenvalue weighted by molar-refractivity contribution is -0.139. The van der Waals surface area contributed by atoms with Crippen molar-refractivity contribution in [3.8, 4) is 0 Å². The number of carbonyl (C=O) groups excluding carboxylic acids is 1. The van der Waals surface area contributed by atoms with Crippen molar-refractivity contribution in [3.05, 3.63) is 35.9 Å². The zero-order chi connectivity index (χ0) is 22.3. The number of benzene rings is 1. The molecule has 0 unspecified atom stereocenters. The van der Waals surface area contributed by atoms with Crippen LogP contribution in [-0.4, -0.2) is 41.0 Å². The van der Waals surface area contributed by atoms with Gasteiger partial charge in [0.05, 0.1) is 4.99 Å². The maximum absolute atomic E-state index is 13.3. The van der Waals surface area contributed by atoms with Crippen LogP contribution in [0.1, 0.15) is 85.1 Å². The minimum absolute atomic E-state index is 0. The first-order valence-corrected chi connectivity index (χ1v) is 12.6. The van der Waals surface area contributed by atoms with Crippen molar-refractivity contribution in [1.29, 1.82) is 0 Å². The van der Waals surface area contributed by atoms with E-state index in [0.29, 0.717) is 24.4 Å². The third-order valence-corrected chi connectivity index (χ3v) is 7.21. The van der Waals surface area contributed by atoms with Crippen molar-refractivity contribution in [3.63, 3.8) is 0 Å². The molecule has 1 amide bonds. The summed E-state index contributed by atoms with van der Waals surface area (Å²) in [5, 5.41) is 7.42.